The summed E-state index contributed by atoms with van der Waals surface area (Å²) in [5, 5.41) is 13.4. The molecule has 0 aliphatic carbocycles. The summed E-state index contributed by atoms with van der Waals surface area (Å²) in [5.74, 6) is -1.26. The maximum atomic E-state index is 11.9. The summed E-state index contributed by atoms with van der Waals surface area (Å²) >= 11 is 0. The van der Waals surface area contributed by atoms with Crippen molar-refractivity contribution in [2.24, 2.45) is 0 Å². The molecule has 0 radical (unpaired) electrons. The first-order chi connectivity index (χ1) is 9.45. The van der Waals surface area contributed by atoms with Gasteiger partial charge in [-0.05, 0) is 13.8 Å². The molecule has 0 atom stereocenters. The van der Waals surface area contributed by atoms with Gasteiger partial charge in [0.05, 0.1) is 0 Å². The molecule has 2 aromatic rings. The van der Waals surface area contributed by atoms with Gasteiger partial charge in [-0.2, -0.15) is 5.10 Å². The highest BCUT2D eigenvalue weighted by atomic mass is 16.4. The minimum Gasteiger partial charge on any atom is -0.478 e. The quantitative estimate of drug-likeness (QED) is 0.883. The fraction of sp³-hybridized carbons (Fsp3) is 0.214. The summed E-state index contributed by atoms with van der Waals surface area (Å²) in [6.45, 7) is 3.99. The standard InChI is InChI=1S/C14H15N3O3/c1-3-17-13(18)11(15)10(14(19)20)12(16-17)9-6-4-8(2)5-7-9/h4-7H,3,15H2,1-2H3,(H,19,20). The lowest BCUT2D eigenvalue weighted by Crippen LogP contribution is -2.28. The predicted molar refractivity (Wildman–Crippen MR) is 75.7 cm³/mol. The zero-order chi connectivity index (χ0) is 14.9. The van der Waals surface area contributed by atoms with Crippen molar-refractivity contribution in [1.29, 1.82) is 0 Å². The SMILES string of the molecule is CCn1nc(-c2ccc(C)cc2)c(C(=O)O)c(N)c1=O. The van der Waals surface area contributed by atoms with Gasteiger partial charge < -0.3 is 10.8 Å². The zero-order valence-corrected chi connectivity index (χ0v) is 11.3. The van der Waals surface area contributed by atoms with Crippen LogP contribution in [0, 0.1) is 6.92 Å². The van der Waals surface area contributed by atoms with E-state index in [0.29, 0.717) is 12.1 Å². The molecule has 0 bridgehead atoms. The third-order valence-corrected chi connectivity index (χ3v) is 3.03. The topological polar surface area (TPSA) is 98.2 Å². The average Bonchev–Trinajstić information content (AvgIpc) is 2.42. The Balaban J connectivity index is 2.80. The molecule has 0 saturated carbocycles. The molecule has 0 spiro atoms. The largest absolute Gasteiger partial charge is 0.478 e. The molecule has 1 aromatic carbocycles. The van der Waals surface area contributed by atoms with Crippen molar-refractivity contribution in [3.63, 3.8) is 0 Å². The number of hydrogen-bond donors (Lipinski definition) is 2. The van der Waals surface area contributed by atoms with Crippen LogP contribution in [0.2, 0.25) is 0 Å². The van der Waals surface area contributed by atoms with Crippen LogP contribution < -0.4 is 11.3 Å². The number of carboxylic acids is 1. The summed E-state index contributed by atoms with van der Waals surface area (Å²) < 4.78 is 1.16. The number of carbonyl (C=O) groups is 1. The van der Waals surface area contributed by atoms with Gasteiger partial charge in [-0.25, -0.2) is 9.48 Å². The number of benzene rings is 1. The van der Waals surface area contributed by atoms with Gasteiger partial charge in [0.2, 0.25) is 0 Å². The molecule has 20 heavy (non-hydrogen) atoms. The van der Waals surface area contributed by atoms with Crippen LogP contribution in [-0.2, 0) is 6.54 Å². The minimum atomic E-state index is -1.26. The van der Waals surface area contributed by atoms with Gasteiger partial charge in [0, 0.05) is 12.1 Å². The van der Waals surface area contributed by atoms with Crippen molar-refractivity contribution in [2.75, 3.05) is 5.73 Å². The predicted octanol–water partition coefficient (Wildman–Crippen LogP) is 1.52. The van der Waals surface area contributed by atoms with Gasteiger partial charge in [0.25, 0.3) is 5.56 Å². The Morgan fingerprint density at radius 2 is 1.95 bits per heavy atom. The molecule has 6 heteroatoms. The van der Waals surface area contributed by atoms with Crippen LogP contribution in [0.1, 0.15) is 22.8 Å². The third-order valence-electron chi connectivity index (χ3n) is 3.03. The Labute approximate surface area is 115 Å². The van der Waals surface area contributed by atoms with E-state index in [1.54, 1.807) is 19.1 Å². The molecule has 1 aromatic heterocycles. The first kappa shape index (κ1) is 13.8. The maximum Gasteiger partial charge on any atom is 0.340 e. The number of aryl methyl sites for hydroxylation is 2. The van der Waals surface area contributed by atoms with E-state index < -0.39 is 11.5 Å². The lowest BCUT2D eigenvalue weighted by atomic mass is 10.0. The second kappa shape index (κ2) is 5.16. The minimum absolute atomic E-state index is 0.205. The Hall–Kier alpha value is -2.63. The third kappa shape index (κ3) is 2.27. The van der Waals surface area contributed by atoms with E-state index in [-0.39, 0.29) is 16.9 Å². The Morgan fingerprint density at radius 1 is 1.35 bits per heavy atom. The van der Waals surface area contributed by atoms with Crippen LogP contribution >= 0.6 is 0 Å². The lowest BCUT2D eigenvalue weighted by molar-refractivity contribution is 0.0698. The van der Waals surface area contributed by atoms with Gasteiger partial charge in [-0.1, -0.05) is 29.8 Å². The number of nitrogens with zero attached hydrogens (tertiary/aromatic N) is 2. The van der Waals surface area contributed by atoms with Crippen molar-refractivity contribution in [3.05, 3.63) is 45.7 Å². The highest BCUT2D eigenvalue weighted by Gasteiger charge is 2.21. The zero-order valence-electron chi connectivity index (χ0n) is 11.3. The van der Waals surface area contributed by atoms with Crippen molar-refractivity contribution in [2.45, 2.75) is 20.4 Å². The van der Waals surface area contributed by atoms with Gasteiger partial charge in [0.15, 0.2) is 0 Å². The average molecular weight is 273 g/mol. The maximum absolute atomic E-state index is 11.9. The molecule has 3 N–H and O–H groups in total. The number of anilines is 1. The molecule has 104 valence electrons. The van der Waals surface area contributed by atoms with Crippen LogP contribution in [0.25, 0.3) is 11.3 Å². The van der Waals surface area contributed by atoms with E-state index in [9.17, 15) is 14.7 Å². The number of hydrogen-bond acceptors (Lipinski definition) is 4. The van der Waals surface area contributed by atoms with Crippen LogP contribution in [0.5, 0.6) is 0 Å². The molecule has 0 unspecified atom stereocenters. The first-order valence-corrected chi connectivity index (χ1v) is 6.16. The molecule has 2 rings (SSSR count). The van der Waals surface area contributed by atoms with Gasteiger partial charge in [-0.3, -0.25) is 4.79 Å². The summed E-state index contributed by atoms with van der Waals surface area (Å²) in [4.78, 5) is 23.2. The number of aromatic carboxylic acids is 1. The van der Waals surface area contributed by atoms with E-state index in [1.165, 1.54) is 0 Å². The molecule has 0 fully saturated rings. The molecule has 6 nitrogen and oxygen atoms in total. The molecular weight excluding hydrogens is 258 g/mol. The second-order valence-electron chi connectivity index (χ2n) is 4.43. The second-order valence-corrected chi connectivity index (χ2v) is 4.43. The normalized spacial score (nSPS) is 10.5. The molecule has 0 aliphatic rings. The van der Waals surface area contributed by atoms with Crippen molar-refractivity contribution in [1.82, 2.24) is 9.78 Å². The van der Waals surface area contributed by atoms with Gasteiger partial charge in [-0.15, -0.1) is 0 Å². The van der Waals surface area contributed by atoms with Gasteiger partial charge in [0.1, 0.15) is 16.9 Å². The number of nitrogens with two attached hydrogens (primary N) is 1. The number of nitrogen functional groups attached to an aromatic ring is 1. The van der Waals surface area contributed by atoms with Crippen molar-refractivity contribution >= 4 is 11.7 Å². The molecule has 1 heterocycles. The smallest absolute Gasteiger partial charge is 0.340 e. The molecule has 0 saturated heterocycles. The van der Waals surface area contributed by atoms with Crippen LogP contribution in [-0.4, -0.2) is 20.9 Å². The number of aromatic nitrogens is 2. The summed E-state index contributed by atoms with van der Waals surface area (Å²) in [6, 6.07) is 7.21. The van der Waals surface area contributed by atoms with E-state index >= 15 is 0 Å². The van der Waals surface area contributed by atoms with Crippen LogP contribution in [0.4, 0.5) is 5.69 Å². The summed E-state index contributed by atoms with van der Waals surface area (Å²) in [7, 11) is 0. The van der Waals surface area contributed by atoms with E-state index in [2.05, 4.69) is 5.10 Å². The Bertz CT molecular complexity index is 718. The van der Waals surface area contributed by atoms with Crippen LogP contribution in [0.3, 0.4) is 0 Å². The van der Waals surface area contributed by atoms with Gasteiger partial charge >= 0.3 is 5.97 Å². The van der Waals surface area contributed by atoms with E-state index in [0.717, 1.165) is 10.2 Å². The number of carboxylic acid groups (broad SMARTS) is 1. The Morgan fingerprint density at radius 3 is 2.45 bits per heavy atom. The monoisotopic (exact) mass is 273 g/mol. The number of rotatable bonds is 3. The molecule has 0 amide bonds. The van der Waals surface area contributed by atoms with Crippen LogP contribution in [0.15, 0.2) is 29.1 Å². The van der Waals surface area contributed by atoms with Crippen molar-refractivity contribution in [3.8, 4) is 11.3 Å². The van der Waals surface area contributed by atoms with E-state index in [1.807, 2.05) is 19.1 Å². The first-order valence-electron chi connectivity index (χ1n) is 6.16. The van der Waals surface area contributed by atoms with Crippen molar-refractivity contribution < 1.29 is 9.90 Å². The lowest BCUT2D eigenvalue weighted by Gasteiger charge is -2.11. The van der Waals surface area contributed by atoms with E-state index in [4.69, 9.17) is 5.73 Å². The summed E-state index contributed by atoms with van der Waals surface area (Å²) in [6.07, 6.45) is 0. The molecule has 0 aliphatic heterocycles. The fourth-order valence-corrected chi connectivity index (χ4v) is 1.93. The fourth-order valence-electron chi connectivity index (χ4n) is 1.93. The molecular formula is C14H15N3O3. The Kier molecular flexibility index (Phi) is 3.56. The highest BCUT2D eigenvalue weighted by Crippen LogP contribution is 2.24. The summed E-state index contributed by atoms with van der Waals surface area (Å²) in [5.41, 5.74) is 6.42. The highest BCUT2D eigenvalue weighted by molar-refractivity contribution is 5.99.